The summed E-state index contributed by atoms with van der Waals surface area (Å²) in [5.74, 6) is -11.6. The van der Waals surface area contributed by atoms with Crippen LogP contribution in [-0.4, -0.2) is 18.6 Å². The third-order valence-corrected chi connectivity index (χ3v) is 2.51. The first-order chi connectivity index (χ1) is 8.74. The molecule has 1 N–H and O–H groups in total. The van der Waals surface area contributed by atoms with Gasteiger partial charge in [0.1, 0.15) is 6.04 Å². The summed E-state index contributed by atoms with van der Waals surface area (Å²) < 4.78 is 83.5. The summed E-state index contributed by atoms with van der Waals surface area (Å²) in [6.45, 7) is -1.46. The highest BCUT2D eigenvalue weighted by atomic mass is 19.3. The van der Waals surface area contributed by atoms with Crippen LogP contribution < -0.4 is 5.32 Å². The molecule has 104 valence electrons. The van der Waals surface area contributed by atoms with Gasteiger partial charge >= 0.3 is 12.0 Å². The van der Waals surface area contributed by atoms with Gasteiger partial charge in [-0.05, 0) is 0 Å². The molecule has 9 heteroatoms. The van der Waals surface area contributed by atoms with Crippen LogP contribution in [0.1, 0.15) is 11.6 Å². The van der Waals surface area contributed by atoms with Crippen LogP contribution in [0.3, 0.4) is 0 Å². The van der Waals surface area contributed by atoms with Crippen molar-refractivity contribution < 1.29 is 35.9 Å². The summed E-state index contributed by atoms with van der Waals surface area (Å²) in [6, 6.07) is -2.67. The summed E-state index contributed by atoms with van der Waals surface area (Å²) in [4.78, 5) is 10.8. The van der Waals surface area contributed by atoms with Crippen LogP contribution in [0.2, 0.25) is 0 Å². The molecule has 1 saturated heterocycles. The van der Waals surface area contributed by atoms with Gasteiger partial charge in [0, 0.05) is 6.07 Å². The highest BCUT2D eigenvalue weighted by Crippen LogP contribution is 2.37. The van der Waals surface area contributed by atoms with Gasteiger partial charge in [0.2, 0.25) is 0 Å². The van der Waals surface area contributed by atoms with E-state index < -0.39 is 53.5 Å². The number of alkyl halides is 2. The van der Waals surface area contributed by atoms with Gasteiger partial charge in [-0.25, -0.2) is 31.1 Å². The standard InChI is InChI=1S/C10H5F6NO2/c11-3-1-4(12)7(14)5(6(3)13)8-10(15,16)2-19-9(18)17-8/h1,8H,2H2,(H,17,18)/t8-/m0/s1. The van der Waals surface area contributed by atoms with Crippen LogP contribution in [0.25, 0.3) is 0 Å². The second kappa shape index (κ2) is 4.32. The summed E-state index contributed by atoms with van der Waals surface area (Å²) >= 11 is 0. The van der Waals surface area contributed by atoms with Crippen molar-refractivity contribution in [2.75, 3.05) is 6.61 Å². The van der Waals surface area contributed by atoms with E-state index in [1.165, 1.54) is 5.32 Å². The molecule has 1 aliphatic heterocycles. The van der Waals surface area contributed by atoms with Gasteiger partial charge in [-0.3, -0.25) is 0 Å². The Morgan fingerprint density at radius 1 is 1.16 bits per heavy atom. The minimum Gasteiger partial charge on any atom is -0.443 e. The summed E-state index contributed by atoms with van der Waals surface area (Å²) in [5.41, 5.74) is -1.58. The first-order valence-electron chi connectivity index (χ1n) is 4.88. The van der Waals surface area contributed by atoms with Crippen molar-refractivity contribution in [1.82, 2.24) is 5.32 Å². The Balaban J connectivity index is 2.59. The number of halogens is 6. The second-order valence-electron chi connectivity index (χ2n) is 3.80. The molecule has 0 aliphatic carbocycles. The average molecular weight is 285 g/mol. The van der Waals surface area contributed by atoms with Gasteiger partial charge in [0.05, 0.1) is 5.56 Å². The molecule has 1 amide bonds. The molecule has 0 unspecified atom stereocenters. The normalized spacial score (nSPS) is 21.8. The Morgan fingerprint density at radius 2 is 1.68 bits per heavy atom. The van der Waals surface area contributed by atoms with E-state index in [0.29, 0.717) is 0 Å². The van der Waals surface area contributed by atoms with E-state index in [9.17, 15) is 31.1 Å². The third-order valence-electron chi connectivity index (χ3n) is 2.51. The largest absolute Gasteiger partial charge is 0.443 e. The lowest BCUT2D eigenvalue weighted by Crippen LogP contribution is -2.50. The molecule has 1 aromatic carbocycles. The van der Waals surface area contributed by atoms with Crippen LogP contribution in [0.4, 0.5) is 31.1 Å². The Hall–Kier alpha value is -1.93. The lowest BCUT2D eigenvalue weighted by Gasteiger charge is -2.32. The molecule has 0 bridgehead atoms. The Labute approximate surface area is 102 Å². The molecule has 1 fully saturated rings. The molecule has 1 aromatic rings. The van der Waals surface area contributed by atoms with Gasteiger partial charge < -0.3 is 10.1 Å². The lowest BCUT2D eigenvalue weighted by atomic mass is 9.98. The van der Waals surface area contributed by atoms with Crippen LogP contribution >= 0.6 is 0 Å². The van der Waals surface area contributed by atoms with E-state index in [2.05, 4.69) is 4.74 Å². The van der Waals surface area contributed by atoms with Crippen molar-refractivity contribution in [1.29, 1.82) is 0 Å². The van der Waals surface area contributed by atoms with Gasteiger partial charge in [-0.2, -0.15) is 0 Å². The Kier molecular flexibility index (Phi) is 3.07. The number of cyclic esters (lactones) is 1. The van der Waals surface area contributed by atoms with Crippen LogP contribution in [-0.2, 0) is 4.74 Å². The molecule has 0 spiro atoms. The maximum atomic E-state index is 13.4. The molecule has 0 radical (unpaired) electrons. The van der Waals surface area contributed by atoms with E-state index >= 15 is 0 Å². The van der Waals surface area contributed by atoms with E-state index in [1.54, 1.807) is 0 Å². The molecule has 0 aromatic heterocycles. The molecule has 1 atom stereocenters. The van der Waals surface area contributed by atoms with Gasteiger partial charge in [0.25, 0.3) is 0 Å². The molecule has 19 heavy (non-hydrogen) atoms. The summed E-state index contributed by atoms with van der Waals surface area (Å²) in [6.07, 6.45) is -1.38. The monoisotopic (exact) mass is 285 g/mol. The maximum absolute atomic E-state index is 13.4. The molecular formula is C10H5F6NO2. The highest BCUT2D eigenvalue weighted by Gasteiger charge is 2.49. The molecular weight excluding hydrogens is 280 g/mol. The maximum Gasteiger partial charge on any atom is 0.408 e. The van der Waals surface area contributed by atoms with E-state index in [-0.39, 0.29) is 6.07 Å². The van der Waals surface area contributed by atoms with E-state index in [1.807, 2.05) is 0 Å². The van der Waals surface area contributed by atoms with Crippen molar-refractivity contribution >= 4 is 6.09 Å². The number of alkyl carbamates (subject to hydrolysis) is 1. The zero-order valence-corrected chi connectivity index (χ0v) is 8.95. The zero-order valence-electron chi connectivity index (χ0n) is 8.95. The number of hydrogen-bond acceptors (Lipinski definition) is 2. The fourth-order valence-electron chi connectivity index (χ4n) is 1.64. The average Bonchev–Trinajstić information content (AvgIpc) is 2.32. The minimum atomic E-state index is -3.92. The number of rotatable bonds is 1. The number of hydrogen-bond donors (Lipinski definition) is 1. The van der Waals surface area contributed by atoms with Crippen LogP contribution in [0.5, 0.6) is 0 Å². The van der Waals surface area contributed by atoms with E-state index in [0.717, 1.165) is 0 Å². The molecule has 2 rings (SSSR count). The molecule has 3 nitrogen and oxygen atoms in total. The molecule has 1 heterocycles. The Bertz CT molecular complexity index is 521. The van der Waals surface area contributed by atoms with Crippen LogP contribution in [0, 0.1) is 23.3 Å². The quantitative estimate of drug-likeness (QED) is 0.636. The van der Waals surface area contributed by atoms with Crippen molar-refractivity contribution in [3.63, 3.8) is 0 Å². The fraction of sp³-hybridized carbons (Fsp3) is 0.300. The highest BCUT2D eigenvalue weighted by molar-refractivity contribution is 5.69. The molecule has 1 aliphatic rings. The SMILES string of the molecule is O=C1N[C@@H](c2c(F)c(F)cc(F)c2F)C(F)(F)CO1. The predicted octanol–water partition coefficient (Wildman–Crippen LogP) is 2.66. The van der Waals surface area contributed by atoms with Crippen molar-refractivity contribution in [3.8, 4) is 0 Å². The van der Waals surface area contributed by atoms with E-state index in [4.69, 9.17) is 0 Å². The minimum absolute atomic E-state index is 0.118. The summed E-state index contributed by atoms with van der Waals surface area (Å²) in [5, 5.41) is 1.43. The van der Waals surface area contributed by atoms with Gasteiger partial charge in [0.15, 0.2) is 29.9 Å². The smallest absolute Gasteiger partial charge is 0.408 e. The first-order valence-corrected chi connectivity index (χ1v) is 4.88. The lowest BCUT2D eigenvalue weighted by molar-refractivity contribution is -0.105. The fourth-order valence-corrected chi connectivity index (χ4v) is 1.64. The van der Waals surface area contributed by atoms with Gasteiger partial charge in [-0.1, -0.05) is 0 Å². The van der Waals surface area contributed by atoms with Gasteiger partial charge in [-0.15, -0.1) is 0 Å². The number of ether oxygens (including phenoxy) is 1. The number of carbonyl (C=O) groups excluding carboxylic acids is 1. The number of carbonyl (C=O) groups is 1. The molecule has 0 saturated carbocycles. The zero-order chi connectivity index (χ0) is 14.4. The van der Waals surface area contributed by atoms with Crippen molar-refractivity contribution in [2.24, 2.45) is 0 Å². The van der Waals surface area contributed by atoms with Crippen LogP contribution in [0.15, 0.2) is 6.07 Å². The number of nitrogens with one attached hydrogen (secondary N) is 1. The van der Waals surface area contributed by atoms with Crippen molar-refractivity contribution in [3.05, 3.63) is 34.9 Å². The van der Waals surface area contributed by atoms with Crippen molar-refractivity contribution in [2.45, 2.75) is 12.0 Å². The first kappa shape index (κ1) is 13.5. The number of amides is 1. The Morgan fingerprint density at radius 3 is 2.21 bits per heavy atom. The summed E-state index contributed by atoms with van der Waals surface area (Å²) in [7, 11) is 0. The predicted molar refractivity (Wildman–Crippen MR) is 48.4 cm³/mol. The third kappa shape index (κ3) is 2.20. The number of benzene rings is 1. The second-order valence-corrected chi connectivity index (χ2v) is 3.80. The topological polar surface area (TPSA) is 38.3 Å².